The van der Waals surface area contributed by atoms with Crippen molar-refractivity contribution >= 4 is 29.6 Å². The average molecular weight is 511 g/mol. The van der Waals surface area contributed by atoms with Gasteiger partial charge in [-0.15, -0.1) is 0 Å². The molecule has 202 valence electrons. The van der Waals surface area contributed by atoms with Crippen molar-refractivity contribution in [3.05, 3.63) is 18.2 Å². The number of amides is 4. The molecule has 1 rings (SSSR count). The summed E-state index contributed by atoms with van der Waals surface area (Å²) in [5.74, 6) is -4.73. The Bertz CT molecular complexity index is 878. The number of primary amides is 1. The van der Waals surface area contributed by atoms with Crippen LogP contribution in [0.15, 0.2) is 12.5 Å². The number of hydrogen-bond acceptors (Lipinski definition) is 8. The van der Waals surface area contributed by atoms with E-state index >= 15 is 0 Å². The summed E-state index contributed by atoms with van der Waals surface area (Å²) in [4.78, 5) is 68.3. The third-order valence-electron chi connectivity index (χ3n) is 5.73. The van der Waals surface area contributed by atoms with Crippen molar-refractivity contribution in [1.82, 2.24) is 25.9 Å². The molecule has 14 nitrogen and oxygen atoms in total. The van der Waals surface area contributed by atoms with E-state index in [4.69, 9.17) is 17.2 Å². The number of aliphatic carboxylic acids is 1. The number of carbonyl (C=O) groups excluding carboxylic acids is 4. The second-order valence-electron chi connectivity index (χ2n) is 8.67. The Morgan fingerprint density at radius 2 is 1.72 bits per heavy atom. The number of imidazole rings is 1. The molecular weight excluding hydrogens is 472 g/mol. The van der Waals surface area contributed by atoms with Crippen LogP contribution in [0.25, 0.3) is 0 Å². The third kappa shape index (κ3) is 10.4. The summed E-state index contributed by atoms with van der Waals surface area (Å²) < 4.78 is 0. The minimum atomic E-state index is -1.46. The first-order chi connectivity index (χ1) is 17.0. The van der Waals surface area contributed by atoms with E-state index in [1.165, 1.54) is 12.5 Å². The first kappa shape index (κ1) is 30.5. The molecule has 5 unspecified atom stereocenters. The average Bonchev–Trinajstić information content (AvgIpc) is 3.33. The smallest absolute Gasteiger partial charge is 0.326 e. The van der Waals surface area contributed by atoms with Gasteiger partial charge >= 0.3 is 5.97 Å². The number of nitrogens with two attached hydrogens (primary N) is 3. The van der Waals surface area contributed by atoms with Gasteiger partial charge < -0.3 is 43.2 Å². The van der Waals surface area contributed by atoms with Crippen LogP contribution < -0.4 is 33.2 Å². The van der Waals surface area contributed by atoms with Crippen molar-refractivity contribution in [3.8, 4) is 0 Å². The SMILES string of the molecule is CCC(C)C(NC(=O)C(N)CCCCN)C(=O)NC(CC(N)=O)C(=O)NC(Cc1cnc[nH]1)C(=O)O. The minimum absolute atomic E-state index is 0.105. The first-order valence-electron chi connectivity index (χ1n) is 11.8. The molecule has 1 aromatic rings. The number of carboxylic acids is 1. The van der Waals surface area contributed by atoms with Crippen LogP contribution in [-0.4, -0.2) is 75.4 Å². The Labute approximate surface area is 209 Å². The first-order valence-corrected chi connectivity index (χ1v) is 11.8. The van der Waals surface area contributed by atoms with Gasteiger partial charge in [0, 0.05) is 18.3 Å². The number of nitrogens with zero attached hydrogens (tertiary/aromatic N) is 1. The van der Waals surface area contributed by atoms with Gasteiger partial charge in [-0.1, -0.05) is 26.7 Å². The molecule has 0 fully saturated rings. The van der Waals surface area contributed by atoms with Gasteiger partial charge in [-0.2, -0.15) is 0 Å². The van der Waals surface area contributed by atoms with Crippen LogP contribution in [-0.2, 0) is 30.4 Å². The van der Waals surface area contributed by atoms with Crippen LogP contribution in [0, 0.1) is 5.92 Å². The van der Waals surface area contributed by atoms with Gasteiger partial charge in [0.1, 0.15) is 18.1 Å². The second kappa shape index (κ2) is 15.5. The molecule has 1 heterocycles. The Morgan fingerprint density at radius 3 is 2.25 bits per heavy atom. The van der Waals surface area contributed by atoms with Crippen LogP contribution in [0.2, 0.25) is 0 Å². The fourth-order valence-electron chi connectivity index (χ4n) is 3.36. The standard InChI is InChI=1S/C22H38N8O6/c1-3-12(2)18(30-19(32)14(24)6-4-5-7-23)21(34)28-15(9-17(25)31)20(33)29-16(22(35)36)8-13-10-26-11-27-13/h10-12,14-16,18H,3-9,23-24H2,1-2H3,(H2,25,31)(H,26,27)(H,28,34)(H,29,33)(H,30,32)(H,35,36). The van der Waals surface area contributed by atoms with Gasteiger partial charge in [0.25, 0.3) is 0 Å². The predicted molar refractivity (Wildman–Crippen MR) is 130 cm³/mol. The van der Waals surface area contributed by atoms with Crippen LogP contribution in [0.5, 0.6) is 0 Å². The lowest BCUT2D eigenvalue weighted by atomic mass is 9.97. The number of nitrogens with one attached hydrogen (secondary N) is 4. The van der Waals surface area contributed by atoms with E-state index in [1.54, 1.807) is 6.92 Å². The lowest BCUT2D eigenvalue weighted by Crippen LogP contribution is -2.59. The summed E-state index contributed by atoms with van der Waals surface area (Å²) in [7, 11) is 0. The molecule has 11 N–H and O–H groups in total. The molecule has 1 aromatic heterocycles. The van der Waals surface area contributed by atoms with E-state index in [0.29, 0.717) is 37.9 Å². The molecule has 36 heavy (non-hydrogen) atoms. The van der Waals surface area contributed by atoms with Gasteiger partial charge in [0.15, 0.2) is 0 Å². The number of unbranched alkanes of at least 4 members (excludes halogenated alkanes) is 1. The maximum atomic E-state index is 13.1. The van der Waals surface area contributed by atoms with Gasteiger partial charge in [-0.25, -0.2) is 9.78 Å². The summed E-state index contributed by atoms with van der Waals surface area (Å²) in [5.41, 5.74) is 17.1. The highest BCUT2D eigenvalue weighted by atomic mass is 16.4. The zero-order valence-electron chi connectivity index (χ0n) is 20.7. The number of carboxylic acid groups (broad SMARTS) is 1. The Hall–Kier alpha value is -3.52. The molecule has 0 radical (unpaired) electrons. The largest absolute Gasteiger partial charge is 0.480 e. The summed E-state index contributed by atoms with van der Waals surface area (Å²) in [6.07, 6.45) is 4.34. The molecule has 0 saturated carbocycles. The molecule has 0 aliphatic rings. The van der Waals surface area contributed by atoms with E-state index in [9.17, 15) is 29.1 Å². The maximum absolute atomic E-state index is 13.1. The Morgan fingerprint density at radius 1 is 1.06 bits per heavy atom. The lowest BCUT2D eigenvalue weighted by molar-refractivity contribution is -0.142. The van der Waals surface area contributed by atoms with Crippen molar-refractivity contribution in [2.45, 2.75) is 76.5 Å². The normalized spacial score (nSPS) is 15.1. The van der Waals surface area contributed by atoms with E-state index in [2.05, 4.69) is 25.9 Å². The second-order valence-corrected chi connectivity index (χ2v) is 8.67. The van der Waals surface area contributed by atoms with Crippen molar-refractivity contribution in [1.29, 1.82) is 0 Å². The zero-order chi connectivity index (χ0) is 27.3. The van der Waals surface area contributed by atoms with Crippen LogP contribution in [0.3, 0.4) is 0 Å². The van der Waals surface area contributed by atoms with Crippen molar-refractivity contribution in [2.24, 2.45) is 23.1 Å². The molecular formula is C22H38N8O6. The van der Waals surface area contributed by atoms with Crippen molar-refractivity contribution in [2.75, 3.05) is 6.54 Å². The molecule has 0 aliphatic carbocycles. The van der Waals surface area contributed by atoms with Crippen LogP contribution in [0.1, 0.15) is 51.6 Å². The highest BCUT2D eigenvalue weighted by Crippen LogP contribution is 2.10. The van der Waals surface area contributed by atoms with Gasteiger partial charge in [0.2, 0.25) is 23.6 Å². The Balaban J connectivity index is 2.96. The van der Waals surface area contributed by atoms with Crippen LogP contribution >= 0.6 is 0 Å². The molecule has 0 saturated heterocycles. The molecule has 0 bridgehead atoms. The monoisotopic (exact) mass is 510 g/mol. The quantitative estimate of drug-likeness (QED) is 0.106. The zero-order valence-corrected chi connectivity index (χ0v) is 20.7. The summed E-state index contributed by atoms with van der Waals surface area (Å²) >= 11 is 0. The third-order valence-corrected chi connectivity index (χ3v) is 5.73. The van der Waals surface area contributed by atoms with Gasteiger partial charge in [-0.3, -0.25) is 19.2 Å². The molecule has 5 atom stereocenters. The van der Waals surface area contributed by atoms with Gasteiger partial charge in [0.05, 0.1) is 18.8 Å². The molecule has 0 aromatic carbocycles. The number of rotatable bonds is 17. The number of hydrogen-bond donors (Lipinski definition) is 8. The maximum Gasteiger partial charge on any atom is 0.326 e. The van der Waals surface area contributed by atoms with Crippen LogP contribution in [0.4, 0.5) is 0 Å². The summed E-state index contributed by atoms with van der Waals surface area (Å²) in [6, 6.07) is -4.71. The van der Waals surface area contributed by atoms with Gasteiger partial charge in [-0.05, 0) is 25.3 Å². The molecule has 14 heteroatoms. The van der Waals surface area contributed by atoms with E-state index < -0.39 is 60.2 Å². The number of aromatic nitrogens is 2. The van der Waals surface area contributed by atoms with E-state index in [0.717, 1.165) is 0 Å². The fraction of sp³-hybridized carbons (Fsp3) is 0.636. The topological polar surface area (TPSA) is 248 Å². The molecule has 4 amide bonds. The van der Waals surface area contributed by atoms with E-state index in [1.807, 2.05) is 6.92 Å². The molecule has 0 spiro atoms. The van der Waals surface area contributed by atoms with E-state index in [-0.39, 0.29) is 12.3 Å². The molecule has 0 aliphatic heterocycles. The highest BCUT2D eigenvalue weighted by molar-refractivity contribution is 5.96. The predicted octanol–water partition coefficient (Wildman–Crippen LogP) is -2.13. The summed E-state index contributed by atoms with van der Waals surface area (Å²) in [5, 5.41) is 16.8. The summed E-state index contributed by atoms with van der Waals surface area (Å²) in [6.45, 7) is 4.03. The van der Waals surface area contributed by atoms with Crippen molar-refractivity contribution < 1.29 is 29.1 Å². The fourth-order valence-corrected chi connectivity index (χ4v) is 3.36. The lowest BCUT2D eigenvalue weighted by Gasteiger charge is -2.27. The number of carbonyl (C=O) groups is 5. The number of aromatic amines is 1. The Kier molecular flexibility index (Phi) is 13.1. The number of H-pyrrole nitrogens is 1. The minimum Gasteiger partial charge on any atom is -0.480 e. The van der Waals surface area contributed by atoms with Crippen molar-refractivity contribution in [3.63, 3.8) is 0 Å². The highest BCUT2D eigenvalue weighted by Gasteiger charge is 2.33.